The SMILES string of the molecule is CNC(=O)c1cc(C(=O)NC2CCC2)cnc1CCc1ccccc1. The lowest BCUT2D eigenvalue weighted by Crippen LogP contribution is -2.39. The van der Waals surface area contributed by atoms with E-state index in [0.717, 1.165) is 25.7 Å². The van der Waals surface area contributed by atoms with Gasteiger partial charge in [0.25, 0.3) is 11.8 Å². The van der Waals surface area contributed by atoms with Crippen LogP contribution in [-0.2, 0) is 12.8 Å². The van der Waals surface area contributed by atoms with Crippen molar-refractivity contribution in [3.05, 3.63) is 65.0 Å². The van der Waals surface area contributed by atoms with Crippen LogP contribution >= 0.6 is 0 Å². The summed E-state index contributed by atoms with van der Waals surface area (Å²) in [5.41, 5.74) is 2.82. The van der Waals surface area contributed by atoms with Crippen molar-refractivity contribution in [3.8, 4) is 0 Å². The van der Waals surface area contributed by atoms with Crippen LogP contribution in [0.5, 0.6) is 0 Å². The van der Waals surface area contributed by atoms with E-state index in [4.69, 9.17) is 0 Å². The molecule has 0 aliphatic heterocycles. The second-order valence-corrected chi connectivity index (χ2v) is 6.38. The van der Waals surface area contributed by atoms with Gasteiger partial charge in [-0.05, 0) is 43.7 Å². The van der Waals surface area contributed by atoms with E-state index in [-0.39, 0.29) is 17.9 Å². The predicted molar refractivity (Wildman–Crippen MR) is 96.6 cm³/mol. The molecule has 0 radical (unpaired) electrons. The lowest BCUT2D eigenvalue weighted by Gasteiger charge is -2.26. The van der Waals surface area contributed by atoms with Crippen molar-refractivity contribution in [2.24, 2.45) is 0 Å². The number of carbonyl (C=O) groups is 2. The van der Waals surface area contributed by atoms with E-state index in [1.54, 1.807) is 19.3 Å². The van der Waals surface area contributed by atoms with Gasteiger partial charge in [0.15, 0.2) is 0 Å². The molecule has 1 heterocycles. The molecular formula is C20H23N3O2. The largest absolute Gasteiger partial charge is 0.355 e. The first-order chi connectivity index (χ1) is 12.2. The molecule has 1 fully saturated rings. The van der Waals surface area contributed by atoms with Crippen molar-refractivity contribution in [3.63, 3.8) is 0 Å². The molecule has 1 aromatic heterocycles. The van der Waals surface area contributed by atoms with Crippen molar-refractivity contribution in [2.45, 2.75) is 38.1 Å². The molecule has 1 aliphatic rings. The average molecular weight is 337 g/mol. The molecule has 2 amide bonds. The Morgan fingerprint density at radius 2 is 1.88 bits per heavy atom. The lowest BCUT2D eigenvalue weighted by molar-refractivity contribution is 0.0916. The first-order valence-corrected chi connectivity index (χ1v) is 8.73. The Morgan fingerprint density at radius 1 is 1.12 bits per heavy atom. The van der Waals surface area contributed by atoms with Gasteiger partial charge in [0, 0.05) is 19.3 Å². The van der Waals surface area contributed by atoms with Crippen LogP contribution in [-0.4, -0.2) is 29.9 Å². The van der Waals surface area contributed by atoms with Crippen LogP contribution in [0.25, 0.3) is 0 Å². The highest BCUT2D eigenvalue weighted by Crippen LogP contribution is 2.19. The van der Waals surface area contributed by atoms with Crippen molar-refractivity contribution in [1.82, 2.24) is 15.6 Å². The molecule has 1 saturated carbocycles. The third-order valence-electron chi connectivity index (χ3n) is 4.64. The number of aryl methyl sites for hydroxylation is 2. The van der Waals surface area contributed by atoms with E-state index in [0.29, 0.717) is 23.2 Å². The first kappa shape index (κ1) is 17.1. The Bertz CT molecular complexity index is 755. The molecule has 2 N–H and O–H groups in total. The molecule has 0 unspecified atom stereocenters. The van der Waals surface area contributed by atoms with Gasteiger partial charge in [-0.3, -0.25) is 14.6 Å². The Hall–Kier alpha value is -2.69. The van der Waals surface area contributed by atoms with Crippen LogP contribution in [0.2, 0.25) is 0 Å². The summed E-state index contributed by atoms with van der Waals surface area (Å²) in [7, 11) is 1.59. The molecule has 1 aliphatic carbocycles. The zero-order chi connectivity index (χ0) is 17.6. The summed E-state index contributed by atoms with van der Waals surface area (Å²) in [5, 5.41) is 5.62. The molecule has 0 atom stereocenters. The number of rotatable bonds is 6. The quantitative estimate of drug-likeness (QED) is 0.851. The zero-order valence-corrected chi connectivity index (χ0v) is 14.4. The van der Waals surface area contributed by atoms with Gasteiger partial charge in [0.05, 0.1) is 16.8 Å². The number of nitrogens with zero attached hydrogens (tertiary/aromatic N) is 1. The third kappa shape index (κ3) is 4.24. The van der Waals surface area contributed by atoms with Crippen molar-refractivity contribution >= 4 is 11.8 Å². The summed E-state index contributed by atoms with van der Waals surface area (Å²) in [6.07, 6.45) is 6.22. The second-order valence-electron chi connectivity index (χ2n) is 6.38. The van der Waals surface area contributed by atoms with Gasteiger partial charge in [0.1, 0.15) is 0 Å². The number of benzene rings is 1. The summed E-state index contributed by atoms with van der Waals surface area (Å²) in [4.78, 5) is 29.0. The highest BCUT2D eigenvalue weighted by molar-refractivity contribution is 6.00. The second kappa shape index (κ2) is 7.92. The van der Waals surface area contributed by atoms with E-state index >= 15 is 0 Å². The highest BCUT2D eigenvalue weighted by Gasteiger charge is 2.21. The van der Waals surface area contributed by atoms with Crippen LogP contribution in [0.3, 0.4) is 0 Å². The van der Waals surface area contributed by atoms with Crippen LogP contribution in [0.4, 0.5) is 0 Å². The molecule has 25 heavy (non-hydrogen) atoms. The molecule has 5 nitrogen and oxygen atoms in total. The number of amides is 2. The van der Waals surface area contributed by atoms with Crippen molar-refractivity contribution in [2.75, 3.05) is 7.05 Å². The van der Waals surface area contributed by atoms with E-state index in [9.17, 15) is 9.59 Å². The number of carbonyl (C=O) groups excluding carboxylic acids is 2. The van der Waals surface area contributed by atoms with E-state index in [2.05, 4.69) is 27.8 Å². The van der Waals surface area contributed by atoms with Crippen molar-refractivity contribution in [1.29, 1.82) is 0 Å². The normalized spacial score (nSPS) is 13.8. The maximum Gasteiger partial charge on any atom is 0.253 e. The minimum atomic E-state index is -0.214. The molecule has 1 aromatic carbocycles. The van der Waals surface area contributed by atoms with Crippen LogP contribution < -0.4 is 10.6 Å². The smallest absolute Gasteiger partial charge is 0.253 e. The predicted octanol–water partition coefficient (Wildman–Crippen LogP) is 2.51. The standard InChI is InChI=1S/C20H23N3O2/c1-21-20(25)17-12-15(19(24)23-16-8-5-9-16)13-22-18(17)11-10-14-6-3-2-4-7-14/h2-4,6-7,12-13,16H,5,8-11H2,1H3,(H,21,25)(H,23,24). The Kier molecular flexibility index (Phi) is 5.43. The summed E-state index contributed by atoms with van der Waals surface area (Å²) in [6, 6.07) is 12.0. The van der Waals surface area contributed by atoms with Crippen LogP contribution in [0, 0.1) is 0 Å². The van der Waals surface area contributed by atoms with Gasteiger partial charge in [-0.1, -0.05) is 30.3 Å². The van der Waals surface area contributed by atoms with Gasteiger partial charge in [-0.25, -0.2) is 0 Å². The van der Waals surface area contributed by atoms with Gasteiger partial charge >= 0.3 is 0 Å². The fraction of sp³-hybridized carbons (Fsp3) is 0.350. The minimum Gasteiger partial charge on any atom is -0.355 e. The summed E-state index contributed by atoms with van der Waals surface area (Å²) < 4.78 is 0. The molecule has 0 bridgehead atoms. The number of hydrogen-bond acceptors (Lipinski definition) is 3. The maximum atomic E-state index is 12.3. The summed E-state index contributed by atoms with van der Waals surface area (Å²) >= 11 is 0. The minimum absolute atomic E-state index is 0.156. The molecule has 0 saturated heterocycles. The van der Waals surface area contributed by atoms with Crippen molar-refractivity contribution < 1.29 is 9.59 Å². The monoisotopic (exact) mass is 337 g/mol. The fourth-order valence-corrected chi connectivity index (χ4v) is 2.88. The van der Waals surface area contributed by atoms with Gasteiger partial charge in [-0.2, -0.15) is 0 Å². The molecule has 130 valence electrons. The fourth-order valence-electron chi connectivity index (χ4n) is 2.88. The molecule has 2 aromatic rings. The molecular weight excluding hydrogens is 314 g/mol. The third-order valence-corrected chi connectivity index (χ3v) is 4.64. The molecule has 3 rings (SSSR count). The number of aromatic nitrogens is 1. The van der Waals surface area contributed by atoms with Crippen LogP contribution in [0.1, 0.15) is 51.2 Å². The number of hydrogen-bond donors (Lipinski definition) is 2. The lowest BCUT2D eigenvalue weighted by atomic mass is 9.93. The topological polar surface area (TPSA) is 71.1 Å². The summed E-state index contributed by atoms with van der Waals surface area (Å²) in [5.74, 6) is -0.370. The number of pyridine rings is 1. The first-order valence-electron chi connectivity index (χ1n) is 8.73. The van der Waals surface area contributed by atoms with Gasteiger partial charge in [0.2, 0.25) is 0 Å². The summed E-state index contributed by atoms with van der Waals surface area (Å²) in [6.45, 7) is 0. The zero-order valence-electron chi connectivity index (χ0n) is 14.4. The van der Waals surface area contributed by atoms with Gasteiger partial charge in [-0.15, -0.1) is 0 Å². The Balaban J connectivity index is 1.77. The van der Waals surface area contributed by atoms with E-state index < -0.39 is 0 Å². The van der Waals surface area contributed by atoms with E-state index in [1.165, 1.54) is 5.56 Å². The van der Waals surface area contributed by atoms with Gasteiger partial charge < -0.3 is 10.6 Å². The van der Waals surface area contributed by atoms with Crippen LogP contribution in [0.15, 0.2) is 42.6 Å². The molecule has 5 heteroatoms. The average Bonchev–Trinajstić information content (AvgIpc) is 2.63. The van der Waals surface area contributed by atoms with E-state index in [1.807, 2.05) is 18.2 Å². The molecule has 0 spiro atoms. The number of nitrogens with one attached hydrogen (secondary N) is 2. The Labute approximate surface area is 147 Å². The maximum absolute atomic E-state index is 12.3. The Morgan fingerprint density at radius 3 is 2.52 bits per heavy atom. The highest BCUT2D eigenvalue weighted by atomic mass is 16.2.